The summed E-state index contributed by atoms with van der Waals surface area (Å²) in [5.41, 5.74) is 4.00. The molecule has 1 fully saturated rings. The number of carbonyl (C=O) groups excluding carboxylic acids is 2. The van der Waals surface area contributed by atoms with Gasteiger partial charge in [0.15, 0.2) is 0 Å². The Labute approximate surface area is 244 Å². The molecule has 6 atom stereocenters. The lowest BCUT2D eigenvalue weighted by molar-refractivity contribution is -0.121. The Morgan fingerprint density at radius 3 is 1.90 bits per heavy atom. The lowest BCUT2D eigenvalue weighted by Crippen LogP contribution is -2.58. The van der Waals surface area contributed by atoms with Crippen molar-refractivity contribution in [1.29, 1.82) is 0 Å². The molecule has 212 valence electrons. The summed E-state index contributed by atoms with van der Waals surface area (Å²) in [5.74, 6) is -1.17. The van der Waals surface area contributed by atoms with Crippen LogP contribution in [0.2, 0.25) is 0 Å². The van der Waals surface area contributed by atoms with E-state index in [2.05, 4.69) is 84.0 Å². The molecule has 4 heteroatoms. The molecule has 0 bridgehead atoms. The van der Waals surface area contributed by atoms with Gasteiger partial charge in [0.25, 0.3) is 0 Å². The fourth-order valence-electron chi connectivity index (χ4n) is 6.45. The van der Waals surface area contributed by atoms with E-state index in [1.807, 2.05) is 36.4 Å². The van der Waals surface area contributed by atoms with Crippen LogP contribution < -0.4 is 0 Å². The number of benzene rings is 3. The Hall–Kier alpha value is -3.92. The first-order valence-corrected chi connectivity index (χ1v) is 14.5. The predicted octanol–water partition coefficient (Wildman–Crippen LogP) is 8.23. The molecule has 0 aromatic heterocycles. The van der Waals surface area contributed by atoms with Crippen LogP contribution in [0.5, 0.6) is 0 Å². The maximum atomic E-state index is 13.7. The summed E-state index contributed by atoms with van der Waals surface area (Å²) >= 11 is 0. The van der Waals surface area contributed by atoms with E-state index in [1.165, 1.54) is 5.56 Å². The second-order valence-electron chi connectivity index (χ2n) is 12.7. The Morgan fingerprint density at radius 1 is 0.780 bits per heavy atom. The second kappa shape index (κ2) is 11.2. The van der Waals surface area contributed by atoms with Crippen LogP contribution in [-0.2, 0) is 14.9 Å². The summed E-state index contributed by atoms with van der Waals surface area (Å²) < 4.78 is 12.8. The second-order valence-corrected chi connectivity index (χ2v) is 12.7. The van der Waals surface area contributed by atoms with Gasteiger partial charge in [-0.2, -0.15) is 0 Å². The van der Waals surface area contributed by atoms with Crippen LogP contribution in [0, 0.1) is 24.2 Å². The van der Waals surface area contributed by atoms with Crippen LogP contribution >= 0.6 is 0 Å². The average Bonchev–Trinajstić information content (AvgIpc) is 2.96. The molecular formula is C37H40O4. The maximum absolute atomic E-state index is 13.7. The van der Waals surface area contributed by atoms with Gasteiger partial charge in [-0.05, 0) is 64.6 Å². The first kappa shape index (κ1) is 28.6. The van der Waals surface area contributed by atoms with E-state index < -0.39 is 24.1 Å². The number of hydrogen-bond donors (Lipinski definition) is 0. The number of allylic oxidation sites excluding steroid dienone is 4. The zero-order chi connectivity index (χ0) is 29.4. The molecule has 4 nitrogen and oxygen atoms in total. The summed E-state index contributed by atoms with van der Waals surface area (Å²) in [7, 11) is 0. The highest BCUT2D eigenvalue weighted by Crippen LogP contribution is 2.57. The van der Waals surface area contributed by atoms with Gasteiger partial charge in [-0.3, -0.25) is 0 Å². The zero-order valence-electron chi connectivity index (χ0n) is 24.8. The summed E-state index contributed by atoms with van der Waals surface area (Å²) in [5, 5.41) is 0. The topological polar surface area (TPSA) is 52.6 Å². The van der Waals surface area contributed by atoms with Crippen molar-refractivity contribution in [2.24, 2.45) is 17.3 Å². The van der Waals surface area contributed by atoms with E-state index in [1.54, 1.807) is 24.3 Å². The van der Waals surface area contributed by atoms with Gasteiger partial charge in [0.1, 0.15) is 12.2 Å². The van der Waals surface area contributed by atoms with Gasteiger partial charge in [0.05, 0.1) is 11.1 Å². The fourth-order valence-corrected chi connectivity index (χ4v) is 6.45. The van der Waals surface area contributed by atoms with Crippen molar-refractivity contribution in [3.63, 3.8) is 0 Å². The lowest BCUT2D eigenvalue weighted by Gasteiger charge is -2.55. The number of fused-ring (bicyclic) bond motifs is 1. The van der Waals surface area contributed by atoms with Crippen LogP contribution in [-0.4, -0.2) is 24.1 Å². The van der Waals surface area contributed by atoms with Crippen molar-refractivity contribution in [3.8, 4) is 0 Å². The minimum atomic E-state index is -0.700. The molecular weight excluding hydrogens is 508 g/mol. The summed E-state index contributed by atoms with van der Waals surface area (Å²) in [6.07, 6.45) is 7.26. The molecule has 0 spiro atoms. The maximum Gasteiger partial charge on any atom is 0.338 e. The van der Waals surface area contributed by atoms with Gasteiger partial charge >= 0.3 is 11.9 Å². The minimum Gasteiger partial charge on any atom is -0.454 e. The third-order valence-electron chi connectivity index (χ3n) is 9.15. The van der Waals surface area contributed by atoms with E-state index in [0.717, 1.165) is 11.1 Å². The summed E-state index contributed by atoms with van der Waals surface area (Å²) in [4.78, 5) is 27.2. The number of ether oxygens (including phenoxy) is 2. The highest BCUT2D eigenvalue weighted by atomic mass is 16.6. The average molecular weight is 549 g/mol. The highest BCUT2D eigenvalue weighted by Gasteiger charge is 2.57. The van der Waals surface area contributed by atoms with Crippen LogP contribution in [0.3, 0.4) is 0 Å². The molecule has 0 saturated heterocycles. The van der Waals surface area contributed by atoms with E-state index in [-0.39, 0.29) is 28.6 Å². The molecule has 0 heterocycles. The number of esters is 2. The largest absolute Gasteiger partial charge is 0.454 e. The standard InChI is InChI=1S/C37H40O4/c1-24-20-21-28(36(3,4)5)23-29(24)31-30-19-13-14-22-37(30,6)25(2)32(40-34(38)26-15-9-7-10-16-26)33(31)41-35(39)27-17-11-8-12-18-27/h7-23,25,30-33H,1-6H3. The molecule has 0 aliphatic heterocycles. The van der Waals surface area contributed by atoms with Crippen LogP contribution in [0.1, 0.15) is 77.9 Å². The highest BCUT2D eigenvalue weighted by molar-refractivity contribution is 5.90. The Kier molecular flexibility index (Phi) is 7.78. The smallest absolute Gasteiger partial charge is 0.338 e. The van der Waals surface area contributed by atoms with E-state index in [0.29, 0.717) is 11.1 Å². The van der Waals surface area contributed by atoms with Gasteiger partial charge in [-0.1, -0.05) is 114 Å². The molecule has 0 amide bonds. The third kappa shape index (κ3) is 5.53. The number of aryl methyl sites for hydroxylation is 1. The molecule has 3 aromatic carbocycles. The molecule has 0 radical (unpaired) electrons. The quantitative estimate of drug-likeness (QED) is 0.301. The molecule has 6 unspecified atom stereocenters. The predicted molar refractivity (Wildman–Crippen MR) is 163 cm³/mol. The van der Waals surface area contributed by atoms with Crippen molar-refractivity contribution < 1.29 is 19.1 Å². The van der Waals surface area contributed by atoms with Crippen LogP contribution in [0.15, 0.2) is 103 Å². The van der Waals surface area contributed by atoms with E-state index in [4.69, 9.17) is 9.47 Å². The molecule has 2 aliphatic rings. The van der Waals surface area contributed by atoms with Crippen LogP contribution in [0.4, 0.5) is 0 Å². The molecule has 3 aromatic rings. The Bertz CT molecular complexity index is 1460. The minimum absolute atomic E-state index is 0.0247. The lowest BCUT2D eigenvalue weighted by atomic mass is 9.53. The SMILES string of the molecule is Cc1ccc(C(C)(C)C)cc1C1C(OC(=O)c2ccccc2)C(OC(=O)c2ccccc2)C(C)C2(C)C=CC=CC12. The van der Waals surface area contributed by atoms with Crippen molar-refractivity contribution in [2.75, 3.05) is 0 Å². The Balaban J connectivity index is 1.67. The van der Waals surface area contributed by atoms with Crippen LogP contribution in [0.25, 0.3) is 0 Å². The van der Waals surface area contributed by atoms with Gasteiger partial charge in [0.2, 0.25) is 0 Å². The first-order chi connectivity index (χ1) is 19.5. The molecule has 1 saturated carbocycles. The zero-order valence-corrected chi connectivity index (χ0v) is 24.8. The molecule has 0 N–H and O–H groups in total. The Morgan fingerprint density at radius 2 is 1.34 bits per heavy atom. The molecule has 41 heavy (non-hydrogen) atoms. The normalized spacial score (nSPS) is 27.1. The molecule has 2 aliphatic carbocycles. The number of rotatable bonds is 5. The van der Waals surface area contributed by atoms with E-state index >= 15 is 0 Å². The van der Waals surface area contributed by atoms with Gasteiger partial charge in [0, 0.05) is 11.8 Å². The molecule has 5 rings (SSSR count). The third-order valence-corrected chi connectivity index (χ3v) is 9.15. The van der Waals surface area contributed by atoms with Gasteiger partial charge in [-0.15, -0.1) is 0 Å². The fraction of sp³-hybridized carbons (Fsp3) is 0.351. The van der Waals surface area contributed by atoms with Gasteiger partial charge in [-0.25, -0.2) is 9.59 Å². The van der Waals surface area contributed by atoms with E-state index in [9.17, 15) is 9.59 Å². The monoisotopic (exact) mass is 548 g/mol. The van der Waals surface area contributed by atoms with Crippen molar-refractivity contribution in [2.45, 2.75) is 65.1 Å². The first-order valence-electron chi connectivity index (χ1n) is 14.5. The van der Waals surface area contributed by atoms with Crippen molar-refractivity contribution in [1.82, 2.24) is 0 Å². The number of hydrogen-bond acceptors (Lipinski definition) is 4. The van der Waals surface area contributed by atoms with Crippen molar-refractivity contribution >= 4 is 11.9 Å². The van der Waals surface area contributed by atoms with Gasteiger partial charge < -0.3 is 9.47 Å². The van der Waals surface area contributed by atoms with Crippen molar-refractivity contribution in [3.05, 3.63) is 131 Å². The number of carbonyl (C=O) groups is 2. The summed E-state index contributed by atoms with van der Waals surface area (Å²) in [6.45, 7) is 13.1. The summed E-state index contributed by atoms with van der Waals surface area (Å²) in [6, 6.07) is 24.7.